The second-order valence-electron chi connectivity index (χ2n) is 4.89. The molecule has 8 heteroatoms. The van der Waals surface area contributed by atoms with Crippen molar-refractivity contribution in [3.8, 4) is 0 Å². The lowest BCUT2D eigenvalue weighted by atomic mass is 10.1. The van der Waals surface area contributed by atoms with Crippen molar-refractivity contribution >= 4 is 17.3 Å². The largest absolute Gasteiger partial charge is 0.367 e. The molecule has 1 atom stereocenters. The molecule has 1 unspecified atom stereocenters. The molecule has 1 aromatic heterocycles. The molecule has 0 radical (unpaired) electrons. The molecule has 1 aliphatic rings. The summed E-state index contributed by atoms with van der Waals surface area (Å²) < 4.78 is 0. The summed E-state index contributed by atoms with van der Waals surface area (Å²) in [7, 11) is 3.71. The van der Waals surface area contributed by atoms with Gasteiger partial charge in [0.1, 0.15) is 6.33 Å². The summed E-state index contributed by atoms with van der Waals surface area (Å²) >= 11 is 0. The smallest absolute Gasteiger partial charge is 0.353 e. The van der Waals surface area contributed by atoms with Gasteiger partial charge in [-0.25, -0.2) is 9.97 Å². The van der Waals surface area contributed by atoms with Crippen LogP contribution in [0.3, 0.4) is 0 Å². The van der Waals surface area contributed by atoms with Gasteiger partial charge in [0.15, 0.2) is 0 Å². The minimum atomic E-state index is -0.416. The van der Waals surface area contributed by atoms with Crippen LogP contribution in [0.4, 0.5) is 17.3 Å². The van der Waals surface area contributed by atoms with Crippen molar-refractivity contribution in [2.24, 2.45) is 0 Å². The monoisotopic (exact) mass is 280 g/mol. The van der Waals surface area contributed by atoms with Crippen LogP contribution >= 0.6 is 0 Å². The third-order valence-corrected chi connectivity index (χ3v) is 3.77. The van der Waals surface area contributed by atoms with E-state index in [9.17, 15) is 10.1 Å². The number of likely N-dealkylation sites (N-methyl/N-ethyl adjacent to an activating group) is 1. The fourth-order valence-corrected chi connectivity index (χ4v) is 2.53. The van der Waals surface area contributed by atoms with Gasteiger partial charge in [-0.15, -0.1) is 0 Å². The lowest BCUT2D eigenvalue weighted by Crippen LogP contribution is -2.51. The van der Waals surface area contributed by atoms with E-state index < -0.39 is 4.92 Å². The van der Waals surface area contributed by atoms with Crippen LogP contribution in [0.15, 0.2) is 6.33 Å². The molecule has 0 amide bonds. The average molecular weight is 280 g/mol. The Labute approximate surface area is 118 Å². The van der Waals surface area contributed by atoms with Crippen molar-refractivity contribution in [3.05, 3.63) is 16.4 Å². The zero-order chi connectivity index (χ0) is 14.7. The summed E-state index contributed by atoms with van der Waals surface area (Å²) in [5.74, 6) is 0.660. The third kappa shape index (κ3) is 2.64. The van der Waals surface area contributed by atoms with E-state index in [0.29, 0.717) is 11.9 Å². The zero-order valence-corrected chi connectivity index (χ0v) is 12.0. The molecule has 0 bridgehead atoms. The molecule has 2 rings (SSSR count). The Bertz CT molecular complexity index is 495. The summed E-state index contributed by atoms with van der Waals surface area (Å²) in [6.07, 6.45) is 2.37. The highest BCUT2D eigenvalue weighted by molar-refractivity contribution is 5.70. The van der Waals surface area contributed by atoms with E-state index in [4.69, 9.17) is 0 Å². The Morgan fingerprint density at radius 2 is 2.25 bits per heavy atom. The van der Waals surface area contributed by atoms with Crippen LogP contribution in [-0.2, 0) is 0 Å². The second kappa shape index (κ2) is 6.00. The van der Waals surface area contributed by atoms with Crippen molar-refractivity contribution in [1.29, 1.82) is 0 Å². The molecule has 110 valence electrons. The van der Waals surface area contributed by atoms with Gasteiger partial charge < -0.3 is 10.2 Å². The SMILES string of the molecule is CCC1CN(c2ncnc(NC)c2[N+](=O)[O-])CCN1C. The Morgan fingerprint density at radius 3 is 2.85 bits per heavy atom. The van der Waals surface area contributed by atoms with Gasteiger partial charge in [-0.3, -0.25) is 15.0 Å². The molecule has 1 N–H and O–H groups in total. The predicted octanol–water partition coefficient (Wildman–Crippen LogP) is 0.957. The Hall–Kier alpha value is -1.96. The number of piperazine rings is 1. The predicted molar refractivity (Wildman–Crippen MR) is 77.2 cm³/mol. The first-order valence-corrected chi connectivity index (χ1v) is 6.70. The van der Waals surface area contributed by atoms with Crippen LogP contribution < -0.4 is 10.2 Å². The van der Waals surface area contributed by atoms with Gasteiger partial charge in [0, 0.05) is 32.7 Å². The van der Waals surface area contributed by atoms with Crippen LogP contribution in [0, 0.1) is 10.1 Å². The molecule has 0 aromatic carbocycles. The van der Waals surface area contributed by atoms with Crippen LogP contribution in [0.25, 0.3) is 0 Å². The van der Waals surface area contributed by atoms with E-state index >= 15 is 0 Å². The molecule has 0 spiro atoms. The van der Waals surface area contributed by atoms with E-state index in [1.165, 1.54) is 6.33 Å². The number of rotatable bonds is 4. The minimum Gasteiger partial charge on any atom is -0.367 e. The Balaban J connectivity index is 2.35. The minimum absolute atomic E-state index is 0.0468. The fraction of sp³-hybridized carbons (Fsp3) is 0.667. The van der Waals surface area contributed by atoms with Gasteiger partial charge in [-0.2, -0.15) is 0 Å². The number of nitrogens with zero attached hydrogens (tertiary/aromatic N) is 5. The van der Waals surface area contributed by atoms with Crippen molar-refractivity contribution in [2.45, 2.75) is 19.4 Å². The van der Waals surface area contributed by atoms with E-state index in [1.54, 1.807) is 7.05 Å². The highest BCUT2D eigenvalue weighted by atomic mass is 16.6. The maximum Gasteiger partial charge on any atom is 0.353 e. The molecular weight excluding hydrogens is 260 g/mol. The Kier molecular flexibility index (Phi) is 4.33. The summed E-state index contributed by atoms with van der Waals surface area (Å²) in [6, 6.07) is 0.386. The summed E-state index contributed by atoms with van der Waals surface area (Å²) in [5.41, 5.74) is -0.0468. The number of nitrogens with one attached hydrogen (secondary N) is 1. The van der Waals surface area contributed by atoms with E-state index in [1.807, 2.05) is 4.90 Å². The van der Waals surface area contributed by atoms with Crippen molar-refractivity contribution in [3.63, 3.8) is 0 Å². The van der Waals surface area contributed by atoms with Gasteiger partial charge in [-0.05, 0) is 13.5 Å². The maximum absolute atomic E-state index is 11.3. The summed E-state index contributed by atoms with van der Waals surface area (Å²) in [4.78, 5) is 23.2. The molecule has 0 aliphatic carbocycles. The molecule has 0 saturated carbocycles. The van der Waals surface area contributed by atoms with Crippen LogP contribution in [-0.4, -0.2) is 59.6 Å². The number of anilines is 2. The first-order valence-electron chi connectivity index (χ1n) is 6.70. The second-order valence-corrected chi connectivity index (χ2v) is 4.89. The number of hydrogen-bond acceptors (Lipinski definition) is 7. The van der Waals surface area contributed by atoms with Gasteiger partial charge >= 0.3 is 5.69 Å². The number of nitro groups is 1. The number of hydrogen-bond donors (Lipinski definition) is 1. The van der Waals surface area contributed by atoms with Crippen molar-refractivity contribution in [2.75, 3.05) is 43.9 Å². The maximum atomic E-state index is 11.3. The first kappa shape index (κ1) is 14.4. The van der Waals surface area contributed by atoms with Crippen LogP contribution in [0.2, 0.25) is 0 Å². The van der Waals surface area contributed by atoms with Crippen LogP contribution in [0.5, 0.6) is 0 Å². The standard InChI is InChI=1S/C12H20N6O2/c1-4-9-7-17(6-5-16(9)3)12-10(18(19)20)11(13-2)14-8-15-12/h8-9H,4-7H2,1-3H3,(H,13,14,15). The summed E-state index contributed by atoms with van der Waals surface area (Å²) in [6.45, 7) is 4.47. The van der Waals surface area contributed by atoms with Gasteiger partial charge in [0.05, 0.1) is 4.92 Å². The molecular formula is C12H20N6O2. The van der Waals surface area contributed by atoms with Gasteiger partial charge in [-0.1, -0.05) is 6.92 Å². The molecule has 1 saturated heterocycles. The summed E-state index contributed by atoms with van der Waals surface area (Å²) in [5, 5.41) is 14.1. The van der Waals surface area contributed by atoms with Crippen molar-refractivity contribution in [1.82, 2.24) is 14.9 Å². The van der Waals surface area contributed by atoms with E-state index in [0.717, 1.165) is 26.1 Å². The average Bonchev–Trinajstić information content (AvgIpc) is 2.46. The highest BCUT2D eigenvalue weighted by Crippen LogP contribution is 2.32. The normalized spacial score (nSPS) is 19.9. The molecule has 2 heterocycles. The molecule has 1 aromatic rings. The van der Waals surface area contributed by atoms with E-state index in [2.05, 4.69) is 34.2 Å². The number of aromatic nitrogens is 2. The van der Waals surface area contributed by atoms with Gasteiger partial charge in [0.2, 0.25) is 11.6 Å². The fourth-order valence-electron chi connectivity index (χ4n) is 2.53. The highest BCUT2D eigenvalue weighted by Gasteiger charge is 2.31. The van der Waals surface area contributed by atoms with Crippen LogP contribution in [0.1, 0.15) is 13.3 Å². The molecule has 20 heavy (non-hydrogen) atoms. The van der Waals surface area contributed by atoms with Gasteiger partial charge in [0.25, 0.3) is 0 Å². The molecule has 1 fully saturated rings. The Morgan fingerprint density at radius 1 is 1.50 bits per heavy atom. The van der Waals surface area contributed by atoms with E-state index in [-0.39, 0.29) is 11.5 Å². The van der Waals surface area contributed by atoms with Crippen molar-refractivity contribution < 1.29 is 4.92 Å². The zero-order valence-electron chi connectivity index (χ0n) is 12.0. The topological polar surface area (TPSA) is 87.4 Å². The third-order valence-electron chi connectivity index (χ3n) is 3.77. The quantitative estimate of drug-likeness (QED) is 0.649. The molecule has 8 nitrogen and oxygen atoms in total. The lowest BCUT2D eigenvalue weighted by molar-refractivity contribution is -0.383. The molecule has 1 aliphatic heterocycles. The first-order chi connectivity index (χ1) is 9.58. The lowest BCUT2D eigenvalue weighted by Gasteiger charge is -2.39.